The third-order valence-corrected chi connectivity index (χ3v) is 6.44. The van der Waals surface area contributed by atoms with E-state index in [2.05, 4.69) is 17.1 Å². The number of amides is 1. The minimum Gasteiger partial charge on any atom is -0.382 e. The molecule has 27 heavy (non-hydrogen) atoms. The molecule has 0 aromatic heterocycles. The van der Waals surface area contributed by atoms with E-state index < -0.39 is 9.84 Å². The van der Waals surface area contributed by atoms with E-state index in [1.807, 2.05) is 6.92 Å². The van der Waals surface area contributed by atoms with Crippen molar-refractivity contribution in [1.82, 2.24) is 10.2 Å². The van der Waals surface area contributed by atoms with Crippen molar-refractivity contribution in [3.63, 3.8) is 0 Å². The molecule has 1 aromatic carbocycles. The molecule has 1 N–H and O–H groups in total. The number of piperidine rings is 1. The third kappa shape index (κ3) is 6.45. The van der Waals surface area contributed by atoms with Gasteiger partial charge in [0.25, 0.3) is 5.91 Å². The van der Waals surface area contributed by atoms with Gasteiger partial charge in [-0.3, -0.25) is 4.79 Å². The number of likely N-dealkylation sites (tertiary alicyclic amines) is 1. The van der Waals surface area contributed by atoms with Crippen molar-refractivity contribution >= 4 is 27.3 Å². The topological polar surface area (TPSA) is 75.7 Å². The smallest absolute Gasteiger partial charge is 0.251 e. The molecule has 1 aromatic rings. The van der Waals surface area contributed by atoms with Crippen LogP contribution in [0.1, 0.15) is 37.0 Å². The number of sulfone groups is 1. The molecule has 2 rings (SSSR count). The second kappa shape index (κ2) is 9.87. The molecule has 1 aliphatic rings. The van der Waals surface area contributed by atoms with E-state index in [-0.39, 0.29) is 21.9 Å². The van der Waals surface area contributed by atoms with E-state index in [9.17, 15) is 13.2 Å². The second-order valence-corrected chi connectivity index (χ2v) is 9.51. The van der Waals surface area contributed by atoms with E-state index in [0.29, 0.717) is 11.5 Å². The Balaban J connectivity index is 1.93. The molecule has 2 atom stereocenters. The lowest BCUT2D eigenvalue weighted by Crippen LogP contribution is -2.50. The lowest BCUT2D eigenvalue weighted by molar-refractivity contribution is 0.0843. The summed E-state index contributed by atoms with van der Waals surface area (Å²) in [5, 5.41) is 3.18. The molecule has 1 fully saturated rings. The Hall–Kier alpha value is -1.15. The number of hydrogen-bond acceptors (Lipinski definition) is 5. The van der Waals surface area contributed by atoms with Crippen molar-refractivity contribution in [2.45, 2.75) is 37.6 Å². The minimum atomic E-state index is -3.48. The molecule has 6 nitrogen and oxygen atoms in total. The SMILES string of the molecule is CCOCCCN1CCC(NC(=O)c2ccc(Cl)c(S(C)(=O)=O)c2)C(C)C1. The maximum absolute atomic E-state index is 12.6. The zero-order chi connectivity index (χ0) is 20.0. The summed E-state index contributed by atoms with van der Waals surface area (Å²) in [6.45, 7) is 8.50. The van der Waals surface area contributed by atoms with E-state index in [0.717, 1.165) is 51.9 Å². The molecule has 1 saturated heterocycles. The molecule has 0 spiro atoms. The monoisotopic (exact) mass is 416 g/mol. The Bertz CT molecular complexity index is 754. The lowest BCUT2D eigenvalue weighted by Gasteiger charge is -2.37. The van der Waals surface area contributed by atoms with Crippen molar-refractivity contribution < 1.29 is 17.9 Å². The second-order valence-electron chi connectivity index (χ2n) is 7.11. The fourth-order valence-corrected chi connectivity index (χ4v) is 4.67. The van der Waals surface area contributed by atoms with Gasteiger partial charge in [-0.15, -0.1) is 0 Å². The van der Waals surface area contributed by atoms with Gasteiger partial charge in [0.1, 0.15) is 0 Å². The fraction of sp³-hybridized carbons (Fsp3) is 0.632. The van der Waals surface area contributed by atoms with Gasteiger partial charge in [0, 0.05) is 50.7 Å². The van der Waals surface area contributed by atoms with E-state index in [1.54, 1.807) is 6.07 Å². The molecule has 1 heterocycles. The Morgan fingerprint density at radius 3 is 2.78 bits per heavy atom. The van der Waals surface area contributed by atoms with Gasteiger partial charge in [-0.1, -0.05) is 18.5 Å². The number of benzene rings is 1. The van der Waals surface area contributed by atoms with Crippen molar-refractivity contribution in [3.8, 4) is 0 Å². The van der Waals surface area contributed by atoms with Crippen LogP contribution in [0.2, 0.25) is 5.02 Å². The third-order valence-electron chi connectivity index (χ3n) is 4.87. The molecule has 1 aliphatic heterocycles. The zero-order valence-electron chi connectivity index (χ0n) is 16.2. The Labute approximate surface area is 167 Å². The van der Waals surface area contributed by atoms with Crippen molar-refractivity contribution in [3.05, 3.63) is 28.8 Å². The van der Waals surface area contributed by atoms with Crippen LogP contribution in [0.15, 0.2) is 23.1 Å². The molecule has 0 aliphatic carbocycles. The molecular weight excluding hydrogens is 388 g/mol. The Morgan fingerprint density at radius 1 is 1.41 bits per heavy atom. The van der Waals surface area contributed by atoms with Crippen molar-refractivity contribution in [2.75, 3.05) is 39.1 Å². The van der Waals surface area contributed by atoms with E-state index >= 15 is 0 Å². The summed E-state index contributed by atoms with van der Waals surface area (Å²) in [4.78, 5) is 15.0. The van der Waals surface area contributed by atoms with Crippen LogP contribution in [-0.4, -0.2) is 64.4 Å². The normalized spacial score (nSPS) is 21.2. The number of carbonyl (C=O) groups excluding carboxylic acids is 1. The van der Waals surface area contributed by atoms with Crippen molar-refractivity contribution in [1.29, 1.82) is 0 Å². The van der Waals surface area contributed by atoms with Crippen LogP contribution in [-0.2, 0) is 14.6 Å². The summed E-state index contributed by atoms with van der Waals surface area (Å²) in [5.74, 6) is 0.0506. The van der Waals surface area contributed by atoms with Gasteiger partial charge in [0.15, 0.2) is 9.84 Å². The number of rotatable bonds is 8. The average molecular weight is 417 g/mol. The highest BCUT2D eigenvalue weighted by atomic mass is 35.5. The van der Waals surface area contributed by atoms with Gasteiger partial charge in [-0.2, -0.15) is 0 Å². The fourth-order valence-electron chi connectivity index (χ4n) is 3.36. The number of hydrogen-bond donors (Lipinski definition) is 1. The highest BCUT2D eigenvalue weighted by molar-refractivity contribution is 7.90. The summed E-state index contributed by atoms with van der Waals surface area (Å²) in [7, 11) is -3.48. The molecular formula is C19H29ClN2O4S. The molecule has 0 bridgehead atoms. The number of nitrogens with zero attached hydrogens (tertiary/aromatic N) is 1. The number of carbonyl (C=O) groups is 1. The van der Waals surface area contributed by atoms with E-state index in [4.69, 9.17) is 16.3 Å². The van der Waals surface area contributed by atoms with Gasteiger partial charge in [0.05, 0.1) is 9.92 Å². The first kappa shape index (κ1) is 22.1. The molecule has 2 unspecified atom stereocenters. The highest BCUT2D eigenvalue weighted by Gasteiger charge is 2.27. The number of halogens is 1. The maximum Gasteiger partial charge on any atom is 0.251 e. The maximum atomic E-state index is 12.6. The molecule has 8 heteroatoms. The zero-order valence-corrected chi connectivity index (χ0v) is 17.8. The van der Waals surface area contributed by atoms with Gasteiger partial charge in [0.2, 0.25) is 0 Å². The lowest BCUT2D eigenvalue weighted by atomic mass is 9.93. The average Bonchev–Trinajstić information content (AvgIpc) is 2.60. The molecule has 0 saturated carbocycles. The Morgan fingerprint density at radius 2 is 2.15 bits per heavy atom. The van der Waals surface area contributed by atoms with Gasteiger partial charge < -0.3 is 15.0 Å². The first-order chi connectivity index (χ1) is 12.7. The van der Waals surface area contributed by atoms with Crippen LogP contribution in [0, 0.1) is 5.92 Å². The van der Waals surface area contributed by atoms with Crippen LogP contribution in [0.25, 0.3) is 0 Å². The van der Waals surface area contributed by atoms with Gasteiger partial charge in [-0.05, 0) is 43.9 Å². The summed E-state index contributed by atoms with van der Waals surface area (Å²) in [6, 6.07) is 4.43. The first-order valence-corrected chi connectivity index (χ1v) is 11.6. The number of ether oxygens (including phenoxy) is 1. The minimum absolute atomic E-state index is 0.0195. The summed E-state index contributed by atoms with van der Waals surface area (Å²) < 4.78 is 29.0. The molecule has 1 amide bonds. The van der Waals surface area contributed by atoms with Crippen LogP contribution >= 0.6 is 11.6 Å². The summed E-state index contributed by atoms with van der Waals surface area (Å²) in [5.41, 5.74) is 0.311. The first-order valence-electron chi connectivity index (χ1n) is 9.33. The van der Waals surface area contributed by atoms with Crippen LogP contribution < -0.4 is 5.32 Å². The highest BCUT2D eigenvalue weighted by Crippen LogP contribution is 2.23. The number of nitrogens with one attached hydrogen (secondary N) is 1. The quantitative estimate of drug-likeness (QED) is 0.659. The Kier molecular flexibility index (Phi) is 8.09. The van der Waals surface area contributed by atoms with Crippen LogP contribution in [0.5, 0.6) is 0 Å². The van der Waals surface area contributed by atoms with E-state index in [1.165, 1.54) is 12.1 Å². The van der Waals surface area contributed by atoms with Crippen molar-refractivity contribution in [2.24, 2.45) is 5.92 Å². The predicted molar refractivity (Wildman–Crippen MR) is 107 cm³/mol. The predicted octanol–water partition coefficient (Wildman–Crippen LogP) is 2.61. The molecule has 0 radical (unpaired) electrons. The summed E-state index contributed by atoms with van der Waals surface area (Å²) in [6.07, 6.45) is 2.96. The standard InChI is InChI=1S/C19H29ClN2O4S/c1-4-26-11-5-9-22-10-8-17(14(2)13-22)21-19(23)15-6-7-16(20)18(12-15)27(3,24)25/h6-7,12,14,17H,4-5,8-11,13H2,1-3H3,(H,21,23). The van der Waals surface area contributed by atoms with Gasteiger partial charge >= 0.3 is 0 Å². The van der Waals surface area contributed by atoms with Crippen LogP contribution in [0.3, 0.4) is 0 Å². The molecule has 152 valence electrons. The van der Waals surface area contributed by atoms with Crippen LogP contribution in [0.4, 0.5) is 0 Å². The largest absolute Gasteiger partial charge is 0.382 e. The van der Waals surface area contributed by atoms with Gasteiger partial charge in [-0.25, -0.2) is 8.42 Å². The summed E-state index contributed by atoms with van der Waals surface area (Å²) >= 11 is 5.95.